The Balaban J connectivity index is 2.33. The van der Waals surface area contributed by atoms with Crippen molar-refractivity contribution in [2.24, 2.45) is 0 Å². The van der Waals surface area contributed by atoms with Crippen LogP contribution in [-0.4, -0.2) is 17.1 Å². The van der Waals surface area contributed by atoms with Crippen LogP contribution in [0.15, 0.2) is 24.3 Å². The molecule has 0 saturated heterocycles. The zero-order valence-corrected chi connectivity index (χ0v) is 10.6. The quantitative estimate of drug-likeness (QED) is 0.867. The van der Waals surface area contributed by atoms with Crippen LogP contribution in [-0.2, 0) is 0 Å². The van der Waals surface area contributed by atoms with Crippen LogP contribution >= 0.6 is 11.6 Å². The van der Waals surface area contributed by atoms with Gasteiger partial charge < -0.3 is 10.1 Å². The maximum absolute atomic E-state index is 13.0. The molecule has 94 valence electrons. The molecule has 0 aliphatic heterocycles. The van der Waals surface area contributed by atoms with Crippen molar-refractivity contribution in [1.82, 2.24) is 9.97 Å². The van der Waals surface area contributed by atoms with Crippen molar-refractivity contribution in [3.63, 3.8) is 0 Å². The second-order valence-electron chi connectivity index (χ2n) is 3.63. The minimum Gasteiger partial charge on any atom is -0.494 e. The van der Waals surface area contributed by atoms with Crippen LogP contribution in [0.4, 0.5) is 15.9 Å². The van der Waals surface area contributed by atoms with E-state index in [1.54, 1.807) is 19.1 Å². The summed E-state index contributed by atoms with van der Waals surface area (Å²) in [5.74, 6) is 0.550. The van der Waals surface area contributed by atoms with Gasteiger partial charge in [0.15, 0.2) is 0 Å². The summed E-state index contributed by atoms with van der Waals surface area (Å²) in [4.78, 5) is 7.98. The molecule has 1 aromatic heterocycles. The van der Waals surface area contributed by atoms with Gasteiger partial charge in [-0.25, -0.2) is 14.4 Å². The van der Waals surface area contributed by atoms with Crippen LogP contribution in [0.2, 0.25) is 5.28 Å². The zero-order valence-electron chi connectivity index (χ0n) is 9.87. The molecule has 0 fully saturated rings. The van der Waals surface area contributed by atoms with Gasteiger partial charge in [0.2, 0.25) is 5.28 Å². The highest BCUT2D eigenvalue weighted by Crippen LogP contribution is 2.27. The molecule has 2 rings (SSSR count). The van der Waals surface area contributed by atoms with Crippen LogP contribution < -0.4 is 10.1 Å². The third-order valence-electron chi connectivity index (χ3n) is 2.25. The van der Waals surface area contributed by atoms with Gasteiger partial charge in [-0.3, -0.25) is 0 Å². The summed E-state index contributed by atoms with van der Waals surface area (Å²) in [5.41, 5.74) is 1.34. The molecule has 1 heterocycles. The van der Waals surface area contributed by atoms with Gasteiger partial charge in [0.1, 0.15) is 17.4 Å². The molecule has 0 saturated carbocycles. The van der Waals surface area contributed by atoms with Gasteiger partial charge >= 0.3 is 0 Å². The van der Waals surface area contributed by atoms with E-state index in [9.17, 15) is 4.39 Å². The van der Waals surface area contributed by atoms with Gasteiger partial charge in [0, 0.05) is 17.8 Å². The summed E-state index contributed by atoms with van der Waals surface area (Å²) in [6.45, 7) is 1.81. The lowest BCUT2D eigenvalue weighted by Crippen LogP contribution is -1.99. The monoisotopic (exact) mass is 267 g/mol. The Morgan fingerprint density at radius 3 is 2.72 bits per heavy atom. The number of anilines is 2. The minimum atomic E-state index is -0.366. The standard InChI is InChI=1S/C12H11ClFN3O/c1-7-5-11(17-12(13)15-7)16-9-4-3-8(14)6-10(9)18-2/h3-6H,1-2H3,(H,15,16,17). The van der Waals surface area contributed by atoms with E-state index in [2.05, 4.69) is 15.3 Å². The molecular formula is C12H11ClFN3O. The molecular weight excluding hydrogens is 257 g/mol. The number of aryl methyl sites for hydroxylation is 1. The fraction of sp³-hybridized carbons (Fsp3) is 0.167. The highest BCUT2D eigenvalue weighted by molar-refractivity contribution is 6.28. The Morgan fingerprint density at radius 2 is 2.06 bits per heavy atom. The molecule has 0 atom stereocenters. The first kappa shape index (κ1) is 12.6. The lowest BCUT2D eigenvalue weighted by molar-refractivity contribution is 0.413. The maximum Gasteiger partial charge on any atom is 0.224 e. The summed E-state index contributed by atoms with van der Waals surface area (Å²) in [6.07, 6.45) is 0. The second-order valence-corrected chi connectivity index (χ2v) is 3.97. The van der Waals surface area contributed by atoms with Crippen LogP contribution in [0.1, 0.15) is 5.69 Å². The molecule has 1 aromatic carbocycles. The van der Waals surface area contributed by atoms with Crippen LogP contribution in [0.25, 0.3) is 0 Å². The summed E-state index contributed by atoms with van der Waals surface area (Å²) >= 11 is 5.76. The number of aromatic nitrogens is 2. The molecule has 0 radical (unpaired) electrons. The number of nitrogens with zero attached hydrogens (tertiary/aromatic N) is 2. The van der Waals surface area contributed by atoms with Gasteiger partial charge in [-0.2, -0.15) is 0 Å². The Labute approximate surface area is 109 Å². The average Bonchev–Trinajstić information content (AvgIpc) is 2.30. The first-order valence-electron chi connectivity index (χ1n) is 5.20. The van der Waals surface area contributed by atoms with Crippen molar-refractivity contribution < 1.29 is 9.13 Å². The third-order valence-corrected chi connectivity index (χ3v) is 2.42. The maximum atomic E-state index is 13.0. The number of ether oxygens (including phenoxy) is 1. The van der Waals surface area contributed by atoms with E-state index in [4.69, 9.17) is 16.3 Å². The van der Waals surface area contributed by atoms with Gasteiger partial charge in [-0.15, -0.1) is 0 Å². The number of hydrogen-bond donors (Lipinski definition) is 1. The van der Waals surface area contributed by atoms with Crippen molar-refractivity contribution in [2.45, 2.75) is 6.92 Å². The predicted molar refractivity (Wildman–Crippen MR) is 68.0 cm³/mol. The molecule has 0 unspecified atom stereocenters. The number of hydrogen-bond acceptors (Lipinski definition) is 4. The molecule has 18 heavy (non-hydrogen) atoms. The van der Waals surface area contributed by atoms with Gasteiger partial charge in [-0.1, -0.05) is 0 Å². The Bertz CT molecular complexity index is 557. The van der Waals surface area contributed by atoms with Crippen molar-refractivity contribution in [3.8, 4) is 5.75 Å². The Hall–Kier alpha value is -1.88. The smallest absolute Gasteiger partial charge is 0.224 e. The summed E-state index contributed by atoms with van der Waals surface area (Å²) in [5, 5.41) is 3.16. The van der Waals surface area contributed by atoms with Crippen molar-refractivity contribution >= 4 is 23.1 Å². The molecule has 4 nitrogen and oxygen atoms in total. The number of rotatable bonds is 3. The second kappa shape index (κ2) is 5.18. The lowest BCUT2D eigenvalue weighted by Gasteiger charge is -2.10. The van der Waals surface area contributed by atoms with Gasteiger partial charge in [0.25, 0.3) is 0 Å². The normalized spacial score (nSPS) is 10.2. The highest BCUT2D eigenvalue weighted by atomic mass is 35.5. The SMILES string of the molecule is COc1cc(F)ccc1Nc1cc(C)nc(Cl)n1. The van der Waals surface area contributed by atoms with Crippen LogP contribution in [0.5, 0.6) is 5.75 Å². The molecule has 2 aromatic rings. The predicted octanol–water partition coefficient (Wildman–Crippen LogP) is 3.33. The number of nitrogens with one attached hydrogen (secondary N) is 1. The van der Waals surface area contributed by atoms with Crippen molar-refractivity contribution in [1.29, 1.82) is 0 Å². The molecule has 6 heteroatoms. The average molecular weight is 268 g/mol. The van der Waals surface area contributed by atoms with Crippen LogP contribution in [0.3, 0.4) is 0 Å². The van der Waals surface area contributed by atoms with Gasteiger partial charge in [-0.05, 0) is 30.7 Å². The minimum absolute atomic E-state index is 0.151. The Morgan fingerprint density at radius 1 is 1.28 bits per heavy atom. The summed E-state index contributed by atoms with van der Waals surface area (Å²) < 4.78 is 18.1. The first-order chi connectivity index (χ1) is 8.58. The largest absolute Gasteiger partial charge is 0.494 e. The molecule has 0 bridgehead atoms. The first-order valence-corrected chi connectivity index (χ1v) is 5.58. The summed E-state index contributed by atoms with van der Waals surface area (Å²) in [6, 6.07) is 5.92. The molecule has 0 aliphatic carbocycles. The third kappa shape index (κ3) is 2.87. The van der Waals surface area contributed by atoms with E-state index in [0.29, 0.717) is 17.3 Å². The highest BCUT2D eigenvalue weighted by Gasteiger charge is 2.06. The van der Waals surface area contributed by atoms with E-state index < -0.39 is 0 Å². The number of benzene rings is 1. The van der Waals surface area contributed by atoms with Crippen molar-refractivity contribution in [2.75, 3.05) is 12.4 Å². The van der Waals surface area contributed by atoms with E-state index >= 15 is 0 Å². The Kier molecular flexibility index (Phi) is 3.62. The van der Waals surface area contributed by atoms with E-state index in [0.717, 1.165) is 5.69 Å². The number of halogens is 2. The van der Waals surface area contributed by atoms with Gasteiger partial charge in [0.05, 0.1) is 12.8 Å². The zero-order chi connectivity index (χ0) is 13.1. The van der Waals surface area contributed by atoms with E-state index in [1.807, 2.05) is 0 Å². The number of methoxy groups -OCH3 is 1. The van der Waals surface area contributed by atoms with E-state index in [1.165, 1.54) is 19.2 Å². The molecule has 0 aliphatic rings. The topological polar surface area (TPSA) is 47.0 Å². The van der Waals surface area contributed by atoms with Crippen molar-refractivity contribution in [3.05, 3.63) is 41.1 Å². The van der Waals surface area contributed by atoms with Crippen LogP contribution in [0, 0.1) is 12.7 Å². The van der Waals surface area contributed by atoms with E-state index in [-0.39, 0.29) is 11.1 Å². The fourth-order valence-electron chi connectivity index (χ4n) is 1.50. The fourth-order valence-corrected chi connectivity index (χ4v) is 1.73. The summed E-state index contributed by atoms with van der Waals surface area (Å²) in [7, 11) is 1.47. The molecule has 0 amide bonds. The lowest BCUT2D eigenvalue weighted by atomic mass is 10.2. The molecule has 1 N–H and O–H groups in total. The molecule has 0 spiro atoms.